The molecule has 3 heteroatoms. The predicted molar refractivity (Wildman–Crippen MR) is 88.5 cm³/mol. The van der Waals surface area contributed by atoms with E-state index in [4.69, 9.17) is 4.74 Å². The van der Waals surface area contributed by atoms with Crippen molar-refractivity contribution in [1.82, 2.24) is 9.80 Å². The molecular formula is C18H30N2O. The van der Waals surface area contributed by atoms with Gasteiger partial charge in [0, 0.05) is 38.8 Å². The minimum absolute atomic E-state index is 0.350. The number of nitrogens with zero attached hydrogens (tertiary/aromatic N) is 2. The van der Waals surface area contributed by atoms with E-state index in [1.54, 1.807) is 0 Å². The highest BCUT2D eigenvalue weighted by atomic mass is 16.5. The number of ether oxygens (including phenoxy) is 1. The maximum absolute atomic E-state index is 5.62. The van der Waals surface area contributed by atoms with Crippen LogP contribution in [0, 0.1) is 0 Å². The van der Waals surface area contributed by atoms with Crippen LogP contribution < -0.4 is 0 Å². The summed E-state index contributed by atoms with van der Waals surface area (Å²) in [6.45, 7) is 9.70. The molecule has 118 valence electrons. The lowest BCUT2D eigenvalue weighted by atomic mass is 10.2. The maximum atomic E-state index is 5.62. The lowest BCUT2D eigenvalue weighted by Crippen LogP contribution is -2.35. The molecule has 0 N–H and O–H groups in total. The van der Waals surface area contributed by atoms with Crippen LogP contribution in [0.2, 0.25) is 0 Å². The van der Waals surface area contributed by atoms with Crippen LogP contribution in [0.15, 0.2) is 30.3 Å². The molecule has 21 heavy (non-hydrogen) atoms. The maximum Gasteiger partial charge on any atom is 0.0518 e. The highest BCUT2D eigenvalue weighted by Crippen LogP contribution is 2.17. The summed E-state index contributed by atoms with van der Waals surface area (Å²) in [6.07, 6.45) is 2.77. The van der Waals surface area contributed by atoms with E-state index >= 15 is 0 Å². The Bertz CT molecular complexity index is 393. The zero-order valence-corrected chi connectivity index (χ0v) is 13.8. The molecule has 0 amide bonds. The summed E-state index contributed by atoms with van der Waals surface area (Å²) in [7, 11) is 2.26. The summed E-state index contributed by atoms with van der Waals surface area (Å²) in [5, 5.41) is 0. The Hall–Kier alpha value is -0.900. The SMILES string of the molecule is CC(C)OCCCN(C)C1CCN(Cc2ccccc2)C1. The highest BCUT2D eigenvalue weighted by Gasteiger charge is 2.25. The first-order chi connectivity index (χ1) is 10.1. The van der Waals surface area contributed by atoms with Crippen LogP contribution in [-0.4, -0.2) is 55.2 Å². The normalized spacial score (nSPS) is 19.8. The molecule has 0 saturated carbocycles. The van der Waals surface area contributed by atoms with Crippen LogP contribution in [0.3, 0.4) is 0 Å². The average Bonchev–Trinajstić information content (AvgIpc) is 2.93. The Balaban J connectivity index is 1.67. The van der Waals surface area contributed by atoms with E-state index in [1.807, 2.05) is 0 Å². The summed E-state index contributed by atoms with van der Waals surface area (Å²) in [4.78, 5) is 5.08. The molecule has 1 aliphatic rings. The third kappa shape index (κ3) is 5.77. The molecule has 0 radical (unpaired) electrons. The third-order valence-corrected chi connectivity index (χ3v) is 4.23. The lowest BCUT2D eigenvalue weighted by molar-refractivity contribution is 0.0695. The largest absolute Gasteiger partial charge is 0.379 e. The highest BCUT2D eigenvalue weighted by molar-refractivity contribution is 5.14. The average molecular weight is 290 g/mol. The number of likely N-dealkylation sites (N-methyl/N-ethyl adjacent to an activating group) is 1. The van der Waals surface area contributed by atoms with Gasteiger partial charge in [0.15, 0.2) is 0 Å². The van der Waals surface area contributed by atoms with Crippen molar-refractivity contribution in [3.05, 3.63) is 35.9 Å². The van der Waals surface area contributed by atoms with Gasteiger partial charge in [-0.05, 0) is 39.3 Å². The molecule has 1 fully saturated rings. The van der Waals surface area contributed by atoms with E-state index in [2.05, 4.69) is 61.0 Å². The summed E-state index contributed by atoms with van der Waals surface area (Å²) < 4.78 is 5.62. The quantitative estimate of drug-likeness (QED) is 0.685. The molecule has 1 aliphatic heterocycles. The molecule has 1 aromatic rings. The van der Waals surface area contributed by atoms with Crippen molar-refractivity contribution in [2.75, 3.05) is 33.3 Å². The Morgan fingerprint density at radius 1 is 1.29 bits per heavy atom. The molecule has 1 saturated heterocycles. The number of hydrogen-bond donors (Lipinski definition) is 0. The van der Waals surface area contributed by atoms with Crippen molar-refractivity contribution in [3.8, 4) is 0 Å². The van der Waals surface area contributed by atoms with Crippen LogP contribution in [0.5, 0.6) is 0 Å². The first-order valence-electron chi connectivity index (χ1n) is 8.23. The van der Waals surface area contributed by atoms with Crippen molar-refractivity contribution in [3.63, 3.8) is 0 Å². The van der Waals surface area contributed by atoms with Crippen LogP contribution in [0.1, 0.15) is 32.3 Å². The van der Waals surface area contributed by atoms with Gasteiger partial charge in [0.1, 0.15) is 0 Å². The molecule has 0 aromatic heterocycles. The fourth-order valence-corrected chi connectivity index (χ4v) is 2.97. The second-order valence-electron chi connectivity index (χ2n) is 6.42. The zero-order chi connectivity index (χ0) is 15.1. The van der Waals surface area contributed by atoms with Gasteiger partial charge in [0.2, 0.25) is 0 Å². The number of rotatable bonds is 8. The molecule has 0 spiro atoms. The van der Waals surface area contributed by atoms with E-state index < -0.39 is 0 Å². The van der Waals surface area contributed by atoms with Crippen LogP contribution in [0.4, 0.5) is 0 Å². The van der Waals surface area contributed by atoms with Crippen LogP contribution in [-0.2, 0) is 11.3 Å². The Morgan fingerprint density at radius 3 is 2.76 bits per heavy atom. The topological polar surface area (TPSA) is 15.7 Å². The molecule has 0 bridgehead atoms. The van der Waals surface area contributed by atoms with E-state index in [0.717, 1.165) is 26.1 Å². The molecule has 1 heterocycles. The monoisotopic (exact) mass is 290 g/mol. The lowest BCUT2D eigenvalue weighted by Gasteiger charge is -2.25. The fourth-order valence-electron chi connectivity index (χ4n) is 2.97. The first-order valence-corrected chi connectivity index (χ1v) is 8.23. The summed E-state index contributed by atoms with van der Waals surface area (Å²) in [6, 6.07) is 11.5. The van der Waals surface area contributed by atoms with Gasteiger partial charge in [-0.15, -0.1) is 0 Å². The Morgan fingerprint density at radius 2 is 2.05 bits per heavy atom. The standard InChI is InChI=1S/C18H30N2O/c1-16(2)21-13-7-11-19(3)18-10-12-20(15-18)14-17-8-5-4-6-9-17/h4-6,8-9,16,18H,7,10-15H2,1-3H3. The minimum atomic E-state index is 0.350. The third-order valence-electron chi connectivity index (χ3n) is 4.23. The number of likely N-dealkylation sites (tertiary alicyclic amines) is 1. The Kier molecular flexibility index (Phi) is 6.68. The molecular weight excluding hydrogens is 260 g/mol. The van der Waals surface area contributed by atoms with E-state index in [0.29, 0.717) is 12.1 Å². The molecule has 3 nitrogen and oxygen atoms in total. The van der Waals surface area contributed by atoms with Crippen molar-refractivity contribution in [2.45, 2.75) is 45.4 Å². The van der Waals surface area contributed by atoms with Crippen molar-refractivity contribution in [2.24, 2.45) is 0 Å². The number of hydrogen-bond acceptors (Lipinski definition) is 3. The van der Waals surface area contributed by atoms with E-state index in [9.17, 15) is 0 Å². The van der Waals surface area contributed by atoms with Crippen molar-refractivity contribution in [1.29, 1.82) is 0 Å². The van der Waals surface area contributed by atoms with Gasteiger partial charge < -0.3 is 9.64 Å². The molecule has 0 aliphatic carbocycles. The molecule has 1 atom stereocenters. The second kappa shape index (κ2) is 8.52. The Labute approximate surface area is 129 Å². The van der Waals surface area contributed by atoms with Gasteiger partial charge in [0.25, 0.3) is 0 Å². The smallest absolute Gasteiger partial charge is 0.0518 e. The summed E-state index contributed by atoms with van der Waals surface area (Å²) in [5.74, 6) is 0. The molecule has 1 aromatic carbocycles. The molecule has 2 rings (SSSR count). The fraction of sp³-hybridized carbons (Fsp3) is 0.667. The van der Waals surface area contributed by atoms with Crippen molar-refractivity contribution < 1.29 is 4.74 Å². The van der Waals surface area contributed by atoms with Gasteiger partial charge in [-0.3, -0.25) is 4.90 Å². The van der Waals surface area contributed by atoms with Crippen LogP contribution >= 0.6 is 0 Å². The van der Waals surface area contributed by atoms with Gasteiger partial charge in [-0.2, -0.15) is 0 Å². The van der Waals surface area contributed by atoms with E-state index in [-0.39, 0.29) is 0 Å². The second-order valence-corrected chi connectivity index (χ2v) is 6.42. The first kappa shape index (κ1) is 16.5. The zero-order valence-electron chi connectivity index (χ0n) is 13.8. The van der Waals surface area contributed by atoms with Gasteiger partial charge in [-0.1, -0.05) is 30.3 Å². The summed E-state index contributed by atoms with van der Waals surface area (Å²) >= 11 is 0. The van der Waals surface area contributed by atoms with Gasteiger partial charge in [-0.25, -0.2) is 0 Å². The van der Waals surface area contributed by atoms with E-state index in [1.165, 1.54) is 25.1 Å². The minimum Gasteiger partial charge on any atom is -0.379 e. The number of benzene rings is 1. The van der Waals surface area contributed by atoms with Crippen molar-refractivity contribution >= 4 is 0 Å². The predicted octanol–water partition coefficient (Wildman–Crippen LogP) is 3.01. The van der Waals surface area contributed by atoms with Crippen LogP contribution in [0.25, 0.3) is 0 Å². The molecule has 1 unspecified atom stereocenters. The van der Waals surface area contributed by atoms with Gasteiger partial charge in [0.05, 0.1) is 6.10 Å². The van der Waals surface area contributed by atoms with Gasteiger partial charge >= 0.3 is 0 Å². The summed E-state index contributed by atoms with van der Waals surface area (Å²) in [5.41, 5.74) is 1.42.